The van der Waals surface area contributed by atoms with Crippen molar-refractivity contribution < 1.29 is 0 Å². The van der Waals surface area contributed by atoms with Gasteiger partial charge in [0.25, 0.3) is 6.71 Å². The van der Waals surface area contributed by atoms with Crippen molar-refractivity contribution in [2.75, 3.05) is 19.6 Å². The first kappa shape index (κ1) is 46.9. The molecular weight excluding hydrogens is 958 g/mol. The fourth-order valence-electron chi connectivity index (χ4n) is 11.9. The summed E-state index contributed by atoms with van der Waals surface area (Å²) in [5.41, 5.74) is 23.3. The minimum Gasteiger partial charge on any atom is -0.311 e. The first-order valence-corrected chi connectivity index (χ1v) is 26.8. The van der Waals surface area contributed by atoms with Crippen LogP contribution in [0.25, 0.3) is 33.4 Å². The Morgan fingerprint density at radius 3 is 1.14 bits per heavy atom. The normalized spacial score (nSPS) is 12.0. The maximum atomic E-state index is 10.5. The maximum Gasteiger partial charge on any atom is 0.252 e. The van der Waals surface area contributed by atoms with Crippen LogP contribution in [0.4, 0.5) is 68.2 Å². The molecule has 2 aliphatic heterocycles. The molecule has 0 N–H and O–H groups in total. The van der Waals surface area contributed by atoms with Crippen molar-refractivity contribution in [3.8, 4) is 39.4 Å². The molecule has 14 rings (SSSR count). The Kier molecular flexibility index (Phi) is 12.0. The van der Waals surface area contributed by atoms with Gasteiger partial charge in [0, 0.05) is 68.1 Å². The highest BCUT2D eigenvalue weighted by molar-refractivity contribution is 7.00. The average molecular weight is 1010 g/mol. The molecule has 0 bridgehead atoms. The number of fused-ring (bicyclic) bond motifs is 4. The third-order valence-corrected chi connectivity index (χ3v) is 15.4. The van der Waals surface area contributed by atoms with Gasteiger partial charge in [0.1, 0.15) is 0 Å². The highest BCUT2D eigenvalue weighted by Gasteiger charge is 2.45. The van der Waals surface area contributed by atoms with Crippen LogP contribution in [0, 0.1) is 11.3 Å². The summed E-state index contributed by atoms with van der Waals surface area (Å²) in [6.07, 6.45) is 0. The number of hydrogen-bond acceptors (Lipinski definition) is 5. The van der Waals surface area contributed by atoms with Crippen molar-refractivity contribution in [3.05, 3.63) is 309 Å². The first-order valence-electron chi connectivity index (χ1n) is 26.8. The molecule has 6 heteroatoms. The first-order chi connectivity index (χ1) is 39.2. The van der Waals surface area contributed by atoms with Crippen LogP contribution in [0.3, 0.4) is 0 Å². The zero-order valence-electron chi connectivity index (χ0n) is 43.2. The Labute approximate surface area is 462 Å². The summed E-state index contributed by atoms with van der Waals surface area (Å²) in [5.74, 6) is 0. The summed E-state index contributed by atoms with van der Waals surface area (Å²) in [5, 5.41) is 10.5. The van der Waals surface area contributed by atoms with E-state index < -0.39 is 0 Å². The molecule has 0 saturated carbocycles. The van der Waals surface area contributed by atoms with Gasteiger partial charge in [-0.2, -0.15) is 5.26 Å². The highest BCUT2D eigenvalue weighted by Crippen LogP contribution is 2.50. The number of para-hydroxylation sites is 4. The van der Waals surface area contributed by atoms with E-state index in [1.54, 1.807) is 0 Å². The number of anilines is 12. The van der Waals surface area contributed by atoms with E-state index in [2.05, 4.69) is 323 Å². The zero-order valence-corrected chi connectivity index (χ0v) is 43.2. The quantitative estimate of drug-likeness (QED) is 0.121. The summed E-state index contributed by atoms with van der Waals surface area (Å²) in [7, 11) is 0. The smallest absolute Gasteiger partial charge is 0.252 e. The molecule has 0 radical (unpaired) electrons. The van der Waals surface area contributed by atoms with Crippen molar-refractivity contribution in [1.29, 1.82) is 5.26 Å². The molecular formula is C73H50BN5. The van der Waals surface area contributed by atoms with Gasteiger partial charge in [-0.05, 0) is 159 Å². The Hall–Kier alpha value is -10.6. The molecule has 0 atom stereocenters. The molecule has 5 nitrogen and oxygen atoms in total. The number of nitriles is 1. The van der Waals surface area contributed by atoms with Gasteiger partial charge in [0.05, 0.1) is 17.3 Å². The molecule has 0 aromatic heterocycles. The lowest BCUT2D eigenvalue weighted by Gasteiger charge is -2.45. The van der Waals surface area contributed by atoms with Gasteiger partial charge in [-0.3, -0.25) is 0 Å². The van der Waals surface area contributed by atoms with Gasteiger partial charge in [-0.1, -0.05) is 188 Å². The molecule has 0 unspecified atom stereocenters. The monoisotopic (exact) mass is 1010 g/mol. The predicted molar refractivity (Wildman–Crippen MR) is 331 cm³/mol. The van der Waals surface area contributed by atoms with E-state index in [9.17, 15) is 5.26 Å². The average Bonchev–Trinajstić information content (AvgIpc) is 2.97. The third-order valence-electron chi connectivity index (χ3n) is 15.4. The number of nitrogens with zero attached hydrogens (tertiary/aromatic N) is 5. The minimum atomic E-state index is -0.193. The molecule has 0 aliphatic carbocycles. The van der Waals surface area contributed by atoms with E-state index in [4.69, 9.17) is 0 Å². The van der Waals surface area contributed by atoms with Crippen molar-refractivity contribution in [1.82, 2.24) is 0 Å². The van der Waals surface area contributed by atoms with E-state index in [1.165, 1.54) is 22.0 Å². The molecule has 0 fully saturated rings. The van der Waals surface area contributed by atoms with Gasteiger partial charge in [-0.25, -0.2) is 0 Å². The van der Waals surface area contributed by atoms with Crippen LogP contribution in [0.5, 0.6) is 0 Å². The van der Waals surface area contributed by atoms with Gasteiger partial charge in [0.2, 0.25) is 0 Å². The van der Waals surface area contributed by atoms with Crippen molar-refractivity contribution in [3.63, 3.8) is 0 Å². The van der Waals surface area contributed by atoms with E-state index in [-0.39, 0.29) is 6.71 Å². The minimum absolute atomic E-state index is 0.193. The summed E-state index contributed by atoms with van der Waals surface area (Å²) < 4.78 is 0. The van der Waals surface area contributed by atoms with E-state index in [1.807, 2.05) is 6.07 Å². The van der Waals surface area contributed by atoms with Crippen LogP contribution >= 0.6 is 0 Å². The fraction of sp³-hybridized carbons (Fsp3) is 0. The van der Waals surface area contributed by atoms with Crippen LogP contribution in [0.2, 0.25) is 0 Å². The summed E-state index contributed by atoms with van der Waals surface area (Å²) >= 11 is 0. The Morgan fingerprint density at radius 1 is 0.291 bits per heavy atom. The number of rotatable bonds is 11. The molecule has 0 saturated heterocycles. The van der Waals surface area contributed by atoms with Crippen molar-refractivity contribution in [2.45, 2.75) is 0 Å². The Morgan fingerprint density at radius 2 is 0.684 bits per heavy atom. The number of hydrogen-bond donors (Lipinski definition) is 0. The molecule has 12 aromatic rings. The lowest BCUT2D eigenvalue weighted by atomic mass is 9.33. The maximum absolute atomic E-state index is 10.5. The Bertz CT molecular complexity index is 4110. The number of benzene rings is 12. The van der Waals surface area contributed by atoms with Crippen LogP contribution < -0.4 is 36.0 Å². The van der Waals surface area contributed by atoms with E-state index >= 15 is 0 Å². The summed E-state index contributed by atoms with van der Waals surface area (Å²) in [4.78, 5) is 9.70. The van der Waals surface area contributed by atoms with Crippen LogP contribution in [0.1, 0.15) is 5.56 Å². The lowest BCUT2D eigenvalue weighted by Crippen LogP contribution is -2.61. The second kappa shape index (κ2) is 20.2. The van der Waals surface area contributed by atoms with E-state index in [0.29, 0.717) is 5.56 Å². The second-order valence-electron chi connectivity index (χ2n) is 20.0. The molecule has 79 heavy (non-hydrogen) atoms. The van der Waals surface area contributed by atoms with Crippen LogP contribution in [-0.4, -0.2) is 6.71 Å². The fourth-order valence-corrected chi connectivity index (χ4v) is 11.9. The van der Waals surface area contributed by atoms with Crippen LogP contribution in [0.15, 0.2) is 303 Å². The van der Waals surface area contributed by atoms with Gasteiger partial charge in [0.15, 0.2) is 0 Å². The van der Waals surface area contributed by atoms with Gasteiger partial charge < -0.3 is 19.6 Å². The molecule has 370 valence electrons. The summed E-state index contributed by atoms with van der Waals surface area (Å²) in [6.45, 7) is -0.193. The van der Waals surface area contributed by atoms with Gasteiger partial charge in [-0.15, -0.1) is 0 Å². The summed E-state index contributed by atoms with van der Waals surface area (Å²) in [6, 6.07) is 111. The molecule has 0 amide bonds. The van der Waals surface area contributed by atoms with Gasteiger partial charge >= 0.3 is 0 Å². The molecule has 2 aliphatic rings. The SMILES string of the molecule is N#Cc1ccc(N2c3cc(N(c4ccccc4)c4ccccc4)ccc3B3c4ccc(N(c5ccccc5)c5ccccc5)cc4N(c4ccc(-c5ccccc5)cc4)c4cc(-c5ccccc5)cc2c43)c(-c2ccccc2)c1. The highest BCUT2D eigenvalue weighted by atomic mass is 15.2. The Balaban J connectivity index is 1.09. The van der Waals surface area contributed by atoms with Crippen molar-refractivity contribution in [2.24, 2.45) is 0 Å². The largest absolute Gasteiger partial charge is 0.311 e. The zero-order chi connectivity index (χ0) is 52.7. The van der Waals surface area contributed by atoms with Crippen LogP contribution in [-0.2, 0) is 0 Å². The lowest BCUT2D eigenvalue weighted by molar-refractivity contribution is 1.23. The van der Waals surface area contributed by atoms with Crippen molar-refractivity contribution >= 4 is 91.3 Å². The van der Waals surface area contributed by atoms with E-state index in [0.717, 1.165) is 96.1 Å². The topological polar surface area (TPSA) is 36.8 Å². The molecule has 2 heterocycles. The molecule has 12 aromatic carbocycles. The predicted octanol–water partition coefficient (Wildman–Crippen LogP) is 17.6. The third kappa shape index (κ3) is 8.48. The standard InChI is InChI=1S/C73H50BN5/c75-51-52-36-45-68(65(46-52)56-26-12-3-13-27-56)79-70-50-64(77(60-32-18-6-19-33-60)61-34-20-7-21-35-61)42-44-67(70)74-66-43-41-63(76(58-28-14-4-15-29-58)59-30-16-5-17-31-59)49-69(66)78(62-39-37-55(38-40-62)53-22-8-1-9-23-53)71-47-57(48-72(79)73(71)74)54-24-10-2-11-25-54/h1-50H. The second-order valence-corrected chi connectivity index (χ2v) is 20.0. The molecule has 0 spiro atoms.